The molecule has 2 fully saturated rings. The Kier molecular flexibility index (Phi) is 6.40. The molecule has 0 radical (unpaired) electrons. The molecule has 2 aliphatic rings. The van der Waals surface area contributed by atoms with Gasteiger partial charge < -0.3 is 14.7 Å². The summed E-state index contributed by atoms with van der Waals surface area (Å²) in [6.45, 7) is 2.25. The number of alkyl halides is 3. The van der Waals surface area contributed by atoms with Crippen molar-refractivity contribution in [1.29, 1.82) is 0 Å². The van der Waals surface area contributed by atoms with Crippen molar-refractivity contribution < 1.29 is 27.6 Å². The highest BCUT2D eigenvalue weighted by atomic mass is 19.4. The molecule has 0 aromatic heterocycles. The van der Waals surface area contributed by atoms with Crippen molar-refractivity contribution in [2.75, 3.05) is 32.7 Å². The molecule has 9 heteroatoms. The van der Waals surface area contributed by atoms with E-state index >= 15 is 0 Å². The third kappa shape index (κ3) is 5.18. The van der Waals surface area contributed by atoms with E-state index in [0.29, 0.717) is 31.6 Å². The minimum absolute atomic E-state index is 0.0197. The van der Waals surface area contributed by atoms with Crippen LogP contribution in [0.4, 0.5) is 13.2 Å². The summed E-state index contributed by atoms with van der Waals surface area (Å²) in [7, 11) is 0. The normalized spacial score (nSPS) is 16.9. The van der Waals surface area contributed by atoms with Crippen molar-refractivity contribution >= 4 is 17.7 Å². The van der Waals surface area contributed by atoms with Crippen molar-refractivity contribution in [1.82, 2.24) is 14.7 Å². The largest absolute Gasteiger partial charge is 0.416 e. The highest BCUT2D eigenvalue weighted by molar-refractivity contribution is 5.96. The number of piperazine rings is 1. The fraction of sp³-hybridized carbons (Fsp3) is 0.375. The summed E-state index contributed by atoms with van der Waals surface area (Å²) < 4.78 is 38.8. The quantitative estimate of drug-likeness (QED) is 0.704. The number of nitrogens with zero attached hydrogens (tertiary/aromatic N) is 3. The van der Waals surface area contributed by atoms with Crippen LogP contribution >= 0.6 is 0 Å². The van der Waals surface area contributed by atoms with Gasteiger partial charge >= 0.3 is 6.18 Å². The topological polar surface area (TPSA) is 60.9 Å². The molecule has 3 amide bonds. The van der Waals surface area contributed by atoms with Crippen molar-refractivity contribution in [3.8, 4) is 0 Å². The smallest absolute Gasteiger partial charge is 0.338 e. The Morgan fingerprint density at radius 1 is 0.818 bits per heavy atom. The standard InChI is InChI=1S/C24H24F3N3O3/c25-24(26,27)20-7-2-6-19(15-20)23(33)29-12-10-28(11-13-29)22(32)18-5-1-4-17(14-18)16-30-9-3-8-21(30)31/h1-2,4-7,14-15H,3,8-13,16H2. The molecule has 0 atom stereocenters. The van der Waals surface area contributed by atoms with Crippen LogP contribution in [-0.4, -0.2) is 65.1 Å². The molecule has 0 unspecified atom stereocenters. The first-order chi connectivity index (χ1) is 15.7. The lowest BCUT2D eigenvalue weighted by Gasteiger charge is -2.35. The Morgan fingerprint density at radius 2 is 1.39 bits per heavy atom. The van der Waals surface area contributed by atoms with E-state index in [1.807, 2.05) is 6.07 Å². The van der Waals surface area contributed by atoms with Crippen LogP contribution in [0.1, 0.15) is 44.7 Å². The summed E-state index contributed by atoms with van der Waals surface area (Å²) in [6, 6.07) is 11.6. The van der Waals surface area contributed by atoms with Crippen LogP contribution in [-0.2, 0) is 17.5 Å². The molecule has 0 aliphatic carbocycles. The number of carbonyl (C=O) groups excluding carboxylic acids is 3. The van der Waals surface area contributed by atoms with Gasteiger partial charge in [-0.15, -0.1) is 0 Å². The molecular formula is C24H24F3N3O3. The second kappa shape index (κ2) is 9.25. The maximum atomic E-state index is 13.0. The number of benzene rings is 2. The van der Waals surface area contributed by atoms with Crippen molar-refractivity contribution in [2.45, 2.75) is 25.6 Å². The van der Waals surface area contributed by atoms with Crippen LogP contribution in [0.25, 0.3) is 0 Å². The van der Waals surface area contributed by atoms with Crippen molar-refractivity contribution in [3.63, 3.8) is 0 Å². The first kappa shape index (κ1) is 22.8. The fourth-order valence-electron chi connectivity index (χ4n) is 4.20. The highest BCUT2D eigenvalue weighted by Crippen LogP contribution is 2.30. The number of amides is 3. The molecule has 0 spiro atoms. The maximum Gasteiger partial charge on any atom is 0.416 e. The van der Waals surface area contributed by atoms with E-state index in [9.17, 15) is 27.6 Å². The predicted octanol–water partition coefficient (Wildman–Crippen LogP) is 3.43. The van der Waals surface area contributed by atoms with Gasteiger partial charge in [0.15, 0.2) is 0 Å². The van der Waals surface area contributed by atoms with E-state index in [1.165, 1.54) is 17.0 Å². The van der Waals surface area contributed by atoms with E-state index in [4.69, 9.17) is 0 Å². The summed E-state index contributed by atoms with van der Waals surface area (Å²) in [5.41, 5.74) is 0.512. The minimum atomic E-state index is -4.52. The second-order valence-corrected chi connectivity index (χ2v) is 8.28. The summed E-state index contributed by atoms with van der Waals surface area (Å²) >= 11 is 0. The minimum Gasteiger partial charge on any atom is -0.338 e. The monoisotopic (exact) mass is 459 g/mol. The van der Waals surface area contributed by atoms with Gasteiger partial charge in [0.2, 0.25) is 5.91 Å². The Morgan fingerprint density at radius 3 is 1.94 bits per heavy atom. The summed E-state index contributed by atoms with van der Waals surface area (Å²) in [5, 5.41) is 0. The Labute approximate surface area is 189 Å². The summed E-state index contributed by atoms with van der Waals surface area (Å²) in [4.78, 5) is 42.4. The van der Waals surface area contributed by atoms with Crippen molar-refractivity contribution in [2.24, 2.45) is 0 Å². The van der Waals surface area contributed by atoms with Crippen LogP contribution in [0.5, 0.6) is 0 Å². The molecule has 0 N–H and O–H groups in total. The molecule has 33 heavy (non-hydrogen) atoms. The molecule has 6 nitrogen and oxygen atoms in total. The zero-order valence-corrected chi connectivity index (χ0v) is 18.0. The van der Waals surface area contributed by atoms with Gasteiger partial charge in [-0.05, 0) is 42.3 Å². The van der Waals surface area contributed by atoms with E-state index in [0.717, 1.165) is 30.7 Å². The van der Waals surface area contributed by atoms with Crippen LogP contribution in [0.3, 0.4) is 0 Å². The first-order valence-electron chi connectivity index (χ1n) is 10.8. The number of hydrogen-bond acceptors (Lipinski definition) is 3. The molecule has 4 rings (SSSR count). The van der Waals surface area contributed by atoms with Gasteiger partial charge in [0.05, 0.1) is 5.56 Å². The average Bonchev–Trinajstić information content (AvgIpc) is 3.22. The lowest BCUT2D eigenvalue weighted by molar-refractivity contribution is -0.137. The van der Waals surface area contributed by atoms with E-state index in [1.54, 1.807) is 28.0 Å². The molecular weight excluding hydrogens is 435 g/mol. The van der Waals surface area contributed by atoms with Gasteiger partial charge in [-0.25, -0.2) is 0 Å². The molecule has 0 bridgehead atoms. The lowest BCUT2D eigenvalue weighted by atomic mass is 10.1. The maximum absolute atomic E-state index is 13.0. The number of likely N-dealkylation sites (tertiary alicyclic amines) is 1. The summed E-state index contributed by atoms with van der Waals surface area (Å²) in [6.07, 6.45) is -3.11. The number of hydrogen-bond donors (Lipinski definition) is 0. The van der Waals surface area contributed by atoms with E-state index < -0.39 is 17.6 Å². The Balaban J connectivity index is 1.37. The van der Waals surface area contributed by atoms with Crippen LogP contribution in [0.15, 0.2) is 48.5 Å². The second-order valence-electron chi connectivity index (χ2n) is 8.28. The molecule has 0 saturated carbocycles. The lowest BCUT2D eigenvalue weighted by Crippen LogP contribution is -2.50. The number of halogens is 3. The van der Waals surface area contributed by atoms with Gasteiger partial charge in [-0.3, -0.25) is 14.4 Å². The van der Waals surface area contributed by atoms with Gasteiger partial charge in [0, 0.05) is 56.8 Å². The van der Waals surface area contributed by atoms with Gasteiger partial charge in [-0.2, -0.15) is 13.2 Å². The summed E-state index contributed by atoms with van der Waals surface area (Å²) in [5.74, 6) is -0.533. The molecule has 2 heterocycles. The third-order valence-corrected chi connectivity index (χ3v) is 6.01. The van der Waals surface area contributed by atoms with Crippen LogP contribution < -0.4 is 0 Å². The highest BCUT2D eigenvalue weighted by Gasteiger charge is 2.32. The Hall–Kier alpha value is -3.36. The Bertz CT molecular complexity index is 1060. The molecule has 2 aromatic rings. The molecule has 174 valence electrons. The molecule has 2 aromatic carbocycles. The molecule has 2 aliphatic heterocycles. The molecule has 2 saturated heterocycles. The van der Waals surface area contributed by atoms with Crippen LogP contribution in [0.2, 0.25) is 0 Å². The van der Waals surface area contributed by atoms with Crippen molar-refractivity contribution in [3.05, 3.63) is 70.8 Å². The first-order valence-corrected chi connectivity index (χ1v) is 10.8. The van der Waals surface area contributed by atoms with Gasteiger partial charge in [0.1, 0.15) is 0 Å². The average molecular weight is 459 g/mol. The van der Waals surface area contributed by atoms with Gasteiger partial charge in [0.25, 0.3) is 11.8 Å². The van der Waals surface area contributed by atoms with E-state index in [-0.39, 0.29) is 30.5 Å². The number of carbonyl (C=O) groups is 3. The zero-order valence-electron chi connectivity index (χ0n) is 18.0. The van der Waals surface area contributed by atoms with Gasteiger partial charge in [-0.1, -0.05) is 18.2 Å². The number of rotatable bonds is 4. The van der Waals surface area contributed by atoms with Crippen LogP contribution in [0, 0.1) is 0 Å². The predicted molar refractivity (Wildman–Crippen MR) is 114 cm³/mol. The van der Waals surface area contributed by atoms with E-state index in [2.05, 4.69) is 0 Å². The zero-order chi connectivity index (χ0) is 23.6. The third-order valence-electron chi connectivity index (χ3n) is 6.01. The SMILES string of the molecule is O=C1CCCN1Cc1cccc(C(=O)N2CCN(C(=O)c3cccc(C(F)(F)F)c3)CC2)c1. The fourth-order valence-corrected chi connectivity index (χ4v) is 4.20.